The molecule has 92 valence electrons. The van der Waals surface area contributed by atoms with Crippen LogP contribution in [0.5, 0.6) is 0 Å². The molecule has 3 fully saturated rings. The SMILES string of the molecule is NCC1CCCCN1C1CCN2CCC1C2. The zero-order valence-electron chi connectivity index (χ0n) is 10.3. The fourth-order valence-electron chi connectivity index (χ4n) is 4.08. The highest BCUT2D eigenvalue weighted by atomic mass is 15.3. The molecule has 0 radical (unpaired) electrons. The van der Waals surface area contributed by atoms with E-state index in [-0.39, 0.29) is 0 Å². The number of likely N-dealkylation sites (tertiary alicyclic amines) is 1. The van der Waals surface area contributed by atoms with E-state index < -0.39 is 0 Å². The monoisotopic (exact) mass is 223 g/mol. The van der Waals surface area contributed by atoms with Gasteiger partial charge in [-0.3, -0.25) is 4.90 Å². The van der Waals surface area contributed by atoms with Crippen LogP contribution in [0, 0.1) is 5.92 Å². The maximum absolute atomic E-state index is 5.95. The van der Waals surface area contributed by atoms with Crippen LogP contribution in [0.3, 0.4) is 0 Å². The van der Waals surface area contributed by atoms with Crippen LogP contribution in [0.4, 0.5) is 0 Å². The van der Waals surface area contributed by atoms with Crippen LogP contribution in [0.15, 0.2) is 0 Å². The Bertz CT molecular complexity index is 239. The van der Waals surface area contributed by atoms with Crippen LogP contribution in [0.25, 0.3) is 0 Å². The van der Waals surface area contributed by atoms with E-state index in [1.165, 1.54) is 58.3 Å². The van der Waals surface area contributed by atoms with Crippen LogP contribution >= 0.6 is 0 Å². The molecule has 4 atom stereocenters. The number of rotatable bonds is 2. The average Bonchev–Trinajstić information content (AvgIpc) is 2.72. The number of nitrogens with zero attached hydrogens (tertiary/aromatic N) is 2. The van der Waals surface area contributed by atoms with E-state index in [0.717, 1.165) is 18.5 Å². The summed E-state index contributed by atoms with van der Waals surface area (Å²) in [6.07, 6.45) is 6.94. The van der Waals surface area contributed by atoms with Crippen molar-refractivity contribution in [3.05, 3.63) is 0 Å². The van der Waals surface area contributed by atoms with Crippen molar-refractivity contribution in [2.75, 3.05) is 32.7 Å². The molecule has 16 heavy (non-hydrogen) atoms. The van der Waals surface area contributed by atoms with E-state index in [1.54, 1.807) is 0 Å². The first-order valence-electron chi connectivity index (χ1n) is 7.06. The molecule has 2 N–H and O–H groups in total. The third-order valence-electron chi connectivity index (χ3n) is 4.96. The van der Waals surface area contributed by atoms with E-state index in [9.17, 15) is 0 Å². The number of piperidine rings is 2. The van der Waals surface area contributed by atoms with Gasteiger partial charge in [-0.1, -0.05) is 6.42 Å². The Morgan fingerprint density at radius 2 is 1.88 bits per heavy atom. The molecule has 3 heteroatoms. The second kappa shape index (κ2) is 4.63. The first-order chi connectivity index (χ1) is 7.88. The summed E-state index contributed by atoms with van der Waals surface area (Å²) in [5, 5.41) is 0. The molecule has 0 saturated carbocycles. The molecule has 3 heterocycles. The van der Waals surface area contributed by atoms with E-state index in [4.69, 9.17) is 5.73 Å². The lowest BCUT2D eigenvalue weighted by Crippen LogP contribution is -2.54. The summed E-state index contributed by atoms with van der Waals surface area (Å²) in [5.41, 5.74) is 5.95. The van der Waals surface area contributed by atoms with Gasteiger partial charge in [0.15, 0.2) is 0 Å². The summed E-state index contributed by atoms with van der Waals surface area (Å²) in [4.78, 5) is 5.42. The first kappa shape index (κ1) is 11.0. The molecule has 2 bridgehead atoms. The average molecular weight is 223 g/mol. The molecule has 3 rings (SSSR count). The number of nitrogens with two attached hydrogens (primary N) is 1. The van der Waals surface area contributed by atoms with E-state index in [1.807, 2.05) is 0 Å². The maximum Gasteiger partial charge on any atom is 0.0221 e. The van der Waals surface area contributed by atoms with Crippen molar-refractivity contribution in [2.45, 2.75) is 44.2 Å². The predicted octanol–water partition coefficient (Wildman–Crippen LogP) is 0.894. The summed E-state index contributed by atoms with van der Waals surface area (Å²) in [7, 11) is 0. The second-order valence-corrected chi connectivity index (χ2v) is 5.83. The fraction of sp³-hybridized carbons (Fsp3) is 1.00. The topological polar surface area (TPSA) is 32.5 Å². The Hall–Kier alpha value is -0.120. The van der Waals surface area contributed by atoms with Crippen LogP contribution in [-0.4, -0.2) is 54.6 Å². The minimum Gasteiger partial charge on any atom is -0.329 e. The summed E-state index contributed by atoms with van der Waals surface area (Å²) in [6.45, 7) is 6.21. The Labute approximate surface area is 99.0 Å². The number of hydrogen-bond acceptors (Lipinski definition) is 3. The molecule has 0 spiro atoms. The summed E-state index contributed by atoms with van der Waals surface area (Å²) < 4.78 is 0. The molecule has 0 aromatic heterocycles. The molecule has 3 saturated heterocycles. The fourth-order valence-corrected chi connectivity index (χ4v) is 4.08. The maximum atomic E-state index is 5.95. The molecule has 4 unspecified atom stereocenters. The summed E-state index contributed by atoms with van der Waals surface area (Å²) in [5.74, 6) is 0.945. The standard InChI is InChI=1S/C13H25N3/c14-9-12-3-1-2-6-16(12)13-5-8-15-7-4-11(13)10-15/h11-13H,1-10,14H2. The number of fused-ring (bicyclic) bond motifs is 2. The smallest absolute Gasteiger partial charge is 0.0221 e. The zero-order valence-corrected chi connectivity index (χ0v) is 10.3. The molecule has 3 aliphatic rings. The number of hydrogen-bond donors (Lipinski definition) is 1. The van der Waals surface area contributed by atoms with Crippen LogP contribution in [0.2, 0.25) is 0 Å². The van der Waals surface area contributed by atoms with Gasteiger partial charge in [0, 0.05) is 25.2 Å². The predicted molar refractivity (Wildman–Crippen MR) is 66.4 cm³/mol. The van der Waals surface area contributed by atoms with Crippen molar-refractivity contribution in [1.82, 2.24) is 9.80 Å². The van der Waals surface area contributed by atoms with Crippen LogP contribution in [0.1, 0.15) is 32.1 Å². The Balaban J connectivity index is 1.70. The van der Waals surface area contributed by atoms with Crippen molar-refractivity contribution in [3.8, 4) is 0 Å². The summed E-state index contributed by atoms with van der Waals surface area (Å²) >= 11 is 0. The minimum atomic E-state index is 0.686. The van der Waals surface area contributed by atoms with Gasteiger partial charge in [-0.25, -0.2) is 0 Å². The Kier molecular flexibility index (Phi) is 3.18. The van der Waals surface area contributed by atoms with Crippen molar-refractivity contribution >= 4 is 0 Å². The molecule has 0 aromatic rings. The highest BCUT2D eigenvalue weighted by Crippen LogP contribution is 2.33. The lowest BCUT2D eigenvalue weighted by Gasteiger charge is -2.45. The van der Waals surface area contributed by atoms with Crippen LogP contribution < -0.4 is 5.73 Å². The van der Waals surface area contributed by atoms with Gasteiger partial charge in [0.25, 0.3) is 0 Å². The molecule has 3 nitrogen and oxygen atoms in total. The van der Waals surface area contributed by atoms with Gasteiger partial charge < -0.3 is 10.6 Å². The van der Waals surface area contributed by atoms with Gasteiger partial charge in [0.2, 0.25) is 0 Å². The van der Waals surface area contributed by atoms with Gasteiger partial charge >= 0.3 is 0 Å². The second-order valence-electron chi connectivity index (χ2n) is 5.83. The largest absolute Gasteiger partial charge is 0.329 e. The van der Waals surface area contributed by atoms with Crippen molar-refractivity contribution in [3.63, 3.8) is 0 Å². The molecular formula is C13H25N3. The van der Waals surface area contributed by atoms with Gasteiger partial charge in [-0.15, -0.1) is 0 Å². The molecule has 0 amide bonds. The molecule has 0 aliphatic carbocycles. The third-order valence-corrected chi connectivity index (χ3v) is 4.96. The lowest BCUT2D eigenvalue weighted by atomic mass is 9.89. The van der Waals surface area contributed by atoms with Crippen molar-refractivity contribution in [2.24, 2.45) is 11.7 Å². The first-order valence-corrected chi connectivity index (χ1v) is 7.06. The van der Waals surface area contributed by atoms with Gasteiger partial charge in [-0.05, 0) is 51.2 Å². The van der Waals surface area contributed by atoms with E-state index >= 15 is 0 Å². The normalized spacial score (nSPS) is 44.8. The quantitative estimate of drug-likeness (QED) is 0.755. The molecule has 0 aromatic carbocycles. The minimum absolute atomic E-state index is 0.686. The van der Waals surface area contributed by atoms with Gasteiger partial charge in [-0.2, -0.15) is 0 Å². The van der Waals surface area contributed by atoms with E-state index in [0.29, 0.717) is 6.04 Å². The highest BCUT2D eigenvalue weighted by molar-refractivity contribution is 4.95. The summed E-state index contributed by atoms with van der Waals surface area (Å²) in [6, 6.07) is 1.54. The lowest BCUT2D eigenvalue weighted by molar-refractivity contribution is 0.0423. The zero-order chi connectivity index (χ0) is 11.0. The van der Waals surface area contributed by atoms with Gasteiger partial charge in [0.05, 0.1) is 0 Å². The van der Waals surface area contributed by atoms with Crippen molar-refractivity contribution in [1.29, 1.82) is 0 Å². The van der Waals surface area contributed by atoms with Crippen LogP contribution in [-0.2, 0) is 0 Å². The van der Waals surface area contributed by atoms with E-state index in [2.05, 4.69) is 9.80 Å². The Morgan fingerprint density at radius 1 is 1.00 bits per heavy atom. The third kappa shape index (κ3) is 1.89. The molecule has 3 aliphatic heterocycles. The highest BCUT2D eigenvalue weighted by Gasteiger charge is 2.39. The van der Waals surface area contributed by atoms with Crippen molar-refractivity contribution < 1.29 is 0 Å². The Morgan fingerprint density at radius 3 is 2.75 bits per heavy atom. The molecular weight excluding hydrogens is 198 g/mol. The van der Waals surface area contributed by atoms with Gasteiger partial charge in [0.1, 0.15) is 0 Å².